The second kappa shape index (κ2) is 9.59. The molecule has 3 rings (SSSR count). The van der Waals surface area contributed by atoms with Crippen molar-refractivity contribution >= 4 is 21.6 Å². The molecule has 2 aromatic carbocycles. The maximum Gasteiger partial charge on any atom is 0.255 e. The molecule has 1 amide bonds. The van der Waals surface area contributed by atoms with Gasteiger partial charge in [0, 0.05) is 37.4 Å². The summed E-state index contributed by atoms with van der Waals surface area (Å²) >= 11 is 0. The summed E-state index contributed by atoms with van der Waals surface area (Å²) in [5.41, 5.74) is 1.01. The predicted octanol–water partition coefficient (Wildman–Crippen LogP) is 2.91. The molecule has 30 heavy (non-hydrogen) atoms. The van der Waals surface area contributed by atoms with Crippen LogP contribution >= 0.6 is 0 Å². The number of hydrogen-bond acceptors (Lipinski definition) is 5. The third-order valence-corrected chi connectivity index (χ3v) is 6.80. The van der Waals surface area contributed by atoms with Gasteiger partial charge in [0.25, 0.3) is 5.91 Å². The van der Waals surface area contributed by atoms with Crippen LogP contribution in [-0.4, -0.2) is 63.4 Å². The third-order valence-electron chi connectivity index (χ3n) is 4.89. The Bertz CT molecular complexity index is 966. The van der Waals surface area contributed by atoms with E-state index in [0.29, 0.717) is 55.7 Å². The molecule has 0 atom stereocenters. The molecule has 7 nitrogen and oxygen atoms in total. The van der Waals surface area contributed by atoms with Gasteiger partial charge < -0.3 is 15.0 Å². The monoisotopic (exact) mass is 431 g/mol. The molecule has 1 fully saturated rings. The highest BCUT2D eigenvalue weighted by Gasteiger charge is 2.27. The number of nitrogens with zero attached hydrogens (tertiary/aromatic N) is 2. The van der Waals surface area contributed by atoms with Crippen molar-refractivity contribution in [2.24, 2.45) is 5.92 Å². The Balaban J connectivity index is 1.65. The van der Waals surface area contributed by atoms with Gasteiger partial charge in [-0.2, -0.15) is 4.31 Å². The van der Waals surface area contributed by atoms with Crippen molar-refractivity contribution in [3.8, 4) is 5.75 Å². The largest absolute Gasteiger partial charge is 0.493 e. The van der Waals surface area contributed by atoms with Crippen LogP contribution in [0, 0.1) is 5.92 Å². The average Bonchev–Trinajstić information content (AvgIpc) is 2.73. The van der Waals surface area contributed by atoms with Crippen LogP contribution in [0.1, 0.15) is 24.2 Å². The van der Waals surface area contributed by atoms with Crippen molar-refractivity contribution < 1.29 is 17.9 Å². The first-order chi connectivity index (χ1) is 14.3. The van der Waals surface area contributed by atoms with Gasteiger partial charge in [-0.3, -0.25) is 4.79 Å². The molecule has 162 valence electrons. The van der Waals surface area contributed by atoms with Gasteiger partial charge in [0.1, 0.15) is 5.75 Å². The predicted molar refractivity (Wildman–Crippen MR) is 117 cm³/mol. The molecule has 1 aliphatic heterocycles. The Morgan fingerprint density at radius 3 is 2.37 bits per heavy atom. The number of anilines is 1. The van der Waals surface area contributed by atoms with E-state index < -0.39 is 10.0 Å². The van der Waals surface area contributed by atoms with Crippen molar-refractivity contribution in [1.82, 2.24) is 9.21 Å². The number of carbonyl (C=O) groups is 1. The summed E-state index contributed by atoms with van der Waals surface area (Å²) in [5.74, 6) is 0.757. The van der Waals surface area contributed by atoms with E-state index in [4.69, 9.17) is 4.74 Å². The first-order valence-electron chi connectivity index (χ1n) is 10.1. The molecule has 0 aromatic heterocycles. The maximum absolute atomic E-state index is 12.8. The zero-order valence-electron chi connectivity index (χ0n) is 17.7. The zero-order chi connectivity index (χ0) is 21.7. The average molecular weight is 432 g/mol. The molecule has 0 unspecified atom stereocenters. The Hall–Kier alpha value is -2.42. The summed E-state index contributed by atoms with van der Waals surface area (Å²) in [4.78, 5) is 14.9. The fourth-order valence-electron chi connectivity index (χ4n) is 3.08. The number of carbonyl (C=O) groups excluding carboxylic acids is 1. The zero-order valence-corrected chi connectivity index (χ0v) is 18.5. The number of piperazine rings is 1. The first kappa shape index (κ1) is 22.3. The molecule has 0 spiro atoms. The Morgan fingerprint density at radius 1 is 1.07 bits per heavy atom. The third kappa shape index (κ3) is 5.59. The molecule has 1 N–H and O–H groups in total. The van der Waals surface area contributed by atoms with Gasteiger partial charge in [0.2, 0.25) is 10.0 Å². The molecule has 0 bridgehead atoms. The van der Waals surface area contributed by atoms with Crippen LogP contribution in [0.25, 0.3) is 0 Å². The first-order valence-corrected chi connectivity index (χ1v) is 11.5. The van der Waals surface area contributed by atoms with E-state index in [2.05, 4.69) is 24.1 Å². The minimum absolute atomic E-state index is 0.231. The van der Waals surface area contributed by atoms with Crippen LogP contribution in [0.4, 0.5) is 5.69 Å². The Labute approximate surface area is 178 Å². The van der Waals surface area contributed by atoms with E-state index in [1.165, 1.54) is 16.4 Å². The van der Waals surface area contributed by atoms with Crippen molar-refractivity contribution in [2.75, 3.05) is 45.2 Å². The normalized spacial score (nSPS) is 15.9. The van der Waals surface area contributed by atoms with Gasteiger partial charge in [-0.05, 0) is 55.4 Å². The molecular weight excluding hydrogens is 402 g/mol. The quantitative estimate of drug-likeness (QED) is 0.729. The summed E-state index contributed by atoms with van der Waals surface area (Å²) in [7, 11) is -1.54. The topological polar surface area (TPSA) is 78.9 Å². The molecule has 0 radical (unpaired) electrons. The fraction of sp³-hybridized carbons (Fsp3) is 0.409. The minimum Gasteiger partial charge on any atom is -0.493 e. The van der Waals surface area contributed by atoms with E-state index in [1.807, 2.05) is 13.1 Å². The van der Waals surface area contributed by atoms with Crippen molar-refractivity contribution in [1.29, 1.82) is 0 Å². The van der Waals surface area contributed by atoms with Crippen LogP contribution in [0.3, 0.4) is 0 Å². The highest BCUT2D eigenvalue weighted by atomic mass is 32.2. The lowest BCUT2D eigenvalue weighted by molar-refractivity contribution is 0.102. The lowest BCUT2D eigenvalue weighted by Crippen LogP contribution is -2.46. The molecule has 1 heterocycles. The van der Waals surface area contributed by atoms with E-state index in [1.54, 1.807) is 30.3 Å². The van der Waals surface area contributed by atoms with Gasteiger partial charge in [-0.1, -0.05) is 19.9 Å². The molecule has 1 aliphatic rings. The van der Waals surface area contributed by atoms with Gasteiger partial charge >= 0.3 is 0 Å². The number of nitrogens with one attached hydrogen (secondary N) is 1. The van der Waals surface area contributed by atoms with Crippen LogP contribution in [0.15, 0.2) is 53.4 Å². The van der Waals surface area contributed by atoms with Crippen LogP contribution in [-0.2, 0) is 10.0 Å². The van der Waals surface area contributed by atoms with Gasteiger partial charge in [0.15, 0.2) is 0 Å². The summed E-state index contributed by atoms with van der Waals surface area (Å²) < 4.78 is 32.8. The van der Waals surface area contributed by atoms with Gasteiger partial charge in [-0.15, -0.1) is 0 Å². The lowest BCUT2D eigenvalue weighted by atomic mass is 10.2. The number of hydrogen-bond donors (Lipinski definition) is 1. The number of ether oxygens (including phenoxy) is 1. The van der Waals surface area contributed by atoms with E-state index in [9.17, 15) is 13.2 Å². The molecule has 0 aliphatic carbocycles. The standard InChI is InChI=1S/C22H29N3O4S/c1-17(2)16-29-20-6-4-5-18(15-20)22(26)23-19-7-9-21(10-8-19)30(27,28)25-13-11-24(3)12-14-25/h4-10,15,17H,11-14,16H2,1-3H3,(H,23,26). The van der Waals surface area contributed by atoms with Crippen LogP contribution < -0.4 is 10.1 Å². The number of sulfonamides is 1. The number of rotatable bonds is 7. The number of amides is 1. The van der Waals surface area contributed by atoms with E-state index in [0.717, 1.165) is 0 Å². The SMILES string of the molecule is CC(C)COc1cccc(C(=O)Nc2ccc(S(=O)(=O)N3CCN(C)CC3)cc2)c1. The summed E-state index contributed by atoms with van der Waals surface area (Å²) in [5, 5.41) is 2.80. The highest BCUT2D eigenvalue weighted by Crippen LogP contribution is 2.21. The molecule has 2 aromatic rings. The van der Waals surface area contributed by atoms with E-state index >= 15 is 0 Å². The molecule has 1 saturated heterocycles. The smallest absolute Gasteiger partial charge is 0.255 e. The second-order valence-corrected chi connectivity index (χ2v) is 9.86. The minimum atomic E-state index is -3.52. The van der Waals surface area contributed by atoms with E-state index in [-0.39, 0.29) is 10.8 Å². The summed E-state index contributed by atoms with van der Waals surface area (Å²) in [6.45, 7) is 7.09. The van der Waals surface area contributed by atoms with Crippen LogP contribution in [0.2, 0.25) is 0 Å². The van der Waals surface area contributed by atoms with Crippen molar-refractivity contribution in [3.63, 3.8) is 0 Å². The summed E-state index contributed by atoms with van der Waals surface area (Å²) in [6.07, 6.45) is 0. The molecule has 0 saturated carbocycles. The fourth-order valence-corrected chi connectivity index (χ4v) is 4.50. The second-order valence-electron chi connectivity index (χ2n) is 7.92. The number of likely N-dealkylation sites (N-methyl/N-ethyl adjacent to an activating group) is 1. The molecule has 8 heteroatoms. The van der Waals surface area contributed by atoms with Gasteiger partial charge in [0.05, 0.1) is 11.5 Å². The maximum atomic E-state index is 12.8. The number of benzene rings is 2. The lowest BCUT2D eigenvalue weighted by Gasteiger charge is -2.31. The highest BCUT2D eigenvalue weighted by molar-refractivity contribution is 7.89. The van der Waals surface area contributed by atoms with Crippen molar-refractivity contribution in [3.05, 3.63) is 54.1 Å². The van der Waals surface area contributed by atoms with Gasteiger partial charge in [-0.25, -0.2) is 8.42 Å². The summed E-state index contributed by atoms with van der Waals surface area (Å²) in [6, 6.07) is 13.3. The van der Waals surface area contributed by atoms with Crippen molar-refractivity contribution in [2.45, 2.75) is 18.7 Å². The van der Waals surface area contributed by atoms with Crippen LogP contribution in [0.5, 0.6) is 5.75 Å². The molecular formula is C22H29N3O4S. The Kier molecular flexibility index (Phi) is 7.12. The Morgan fingerprint density at radius 2 is 1.73 bits per heavy atom.